The lowest BCUT2D eigenvalue weighted by Crippen LogP contribution is -2.65. The first-order valence-electron chi connectivity index (χ1n) is 27.3. The van der Waals surface area contributed by atoms with Crippen LogP contribution in [-0.2, 0) is 23.7 Å². The van der Waals surface area contributed by atoms with E-state index in [9.17, 15) is 45.6 Å². The van der Waals surface area contributed by atoms with Crippen LogP contribution in [-0.4, -0.2) is 140 Å². The van der Waals surface area contributed by atoms with Gasteiger partial charge in [0.05, 0.1) is 32.0 Å². The Labute approximate surface area is 400 Å². The molecule has 2 heterocycles. The molecule has 0 bridgehead atoms. The molecule has 12 atom stereocenters. The number of carbonyl (C=O) groups excluding carboxylic acids is 1. The lowest BCUT2D eigenvalue weighted by Gasteiger charge is -2.46. The van der Waals surface area contributed by atoms with E-state index in [2.05, 4.69) is 19.2 Å². The van der Waals surface area contributed by atoms with Crippen molar-refractivity contribution in [2.75, 3.05) is 19.8 Å². The molecule has 0 aromatic carbocycles. The second-order valence-corrected chi connectivity index (χ2v) is 19.7. The Morgan fingerprint density at radius 3 is 1.29 bits per heavy atom. The Bertz CT molecular complexity index is 1120. The SMILES string of the molecule is CCCCCCCCCCCCCCCCCCCCCCCCCCCCCC(=O)NC(COC1OC(CO)C(OC2OC(CO)C(O)C(O)C2O)C(O)C1O)C(O)CCCCCCC. The third-order valence-corrected chi connectivity index (χ3v) is 13.8. The molecule has 0 aliphatic carbocycles. The van der Waals surface area contributed by atoms with Crippen LogP contribution >= 0.6 is 0 Å². The van der Waals surface area contributed by atoms with Crippen LogP contribution < -0.4 is 5.32 Å². The Morgan fingerprint density at radius 2 is 0.864 bits per heavy atom. The van der Waals surface area contributed by atoms with Crippen molar-refractivity contribution < 1.29 is 64.6 Å². The van der Waals surface area contributed by atoms with Crippen LogP contribution in [0, 0.1) is 0 Å². The summed E-state index contributed by atoms with van der Waals surface area (Å²) in [6.45, 7) is 2.77. The zero-order valence-electron chi connectivity index (χ0n) is 41.7. The summed E-state index contributed by atoms with van der Waals surface area (Å²) in [5.74, 6) is -0.209. The Balaban J connectivity index is 1.59. The highest BCUT2D eigenvalue weighted by atomic mass is 16.7. The van der Waals surface area contributed by atoms with E-state index in [0.29, 0.717) is 12.8 Å². The first-order valence-corrected chi connectivity index (χ1v) is 27.3. The third-order valence-electron chi connectivity index (χ3n) is 13.8. The van der Waals surface area contributed by atoms with Gasteiger partial charge in [-0.25, -0.2) is 0 Å². The van der Waals surface area contributed by atoms with E-state index < -0.39 is 86.8 Å². The maximum atomic E-state index is 13.1. The van der Waals surface area contributed by atoms with E-state index in [1.54, 1.807) is 0 Å². The third kappa shape index (κ3) is 26.3. The van der Waals surface area contributed by atoms with Gasteiger partial charge in [-0.05, 0) is 12.8 Å². The molecule has 2 aliphatic heterocycles. The number of nitrogens with one attached hydrogen (secondary N) is 1. The van der Waals surface area contributed by atoms with Gasteiger partial charge in [-0.1, -0.05) is 213 Å². The van der Waals surface area contributed by atoms with E-state index in [0.717, 1.165) is 57.8 Å². The summed E-state index contributed by atoms with van der Waals surface area (Å²) in [4.78, 5) is 13.1. The molecule has 14 heteroatoms. The summed E-state index contributed by atoms with van der Waals surface area (Å²) in [7, 11) is 0. The predicted octanol–water partition coefficient (Wildman–Crippen LogP) is 7.78. The molecule has 2 fully saturated rings. The average Bonchev–Trinajstić information content (AvgIpc) is 3.31. The second kappa shape index (κ2) is 39.7. The van der Waals surface area contributed by atoms with Gasteiger partial charge in [0.25, 0.3) is 0 Å². The second-order valence-electron chi connectivity index (χ2n) is 19.7. The van der Waals surface area contributed by atoms with Gasteiger partial charge in [0.1, 0.15) is 48.8 Å². The number of amides is 1. The molecule has 0 aromatic rings. The van der Waals surface area contributed by atoms with Crippen LogP contribution in [0.5, 0.6) is 0 Å². The number of aliphatic hydroxyl groups is 8. The molecule has 1 amide bonds. The molecule has 14 nitrogen and oxygen atoms in total. The Hall–Kier alpha value is -1.01. The zero-order valence-corrected chi connectivity index (χ0v) is 41.7. The summed E-state index contributed by atoms with van der Waals surface area (Å²) in [5, 5.41) is 86.4. The van der Waals surface area contributed by atoms with Gasteiger partial charge in [0.2, 0.25) is 5.91 Å². The monoisotopic (exact) mass is 948 g/mol. The number of ether oxygens (including phenoxy) is 4. The van der Waals surface area contributed by atoms with Crippen LogP contribution in [0.25, 0.3) is 0 Å². The molecule has 2 aliphatic rings. The van der Waals surface area contributed by atoms with E-state index >= 15 is 0 Å². The maximum Gasteiger partial charge on any atom is 0.220 e. The lowest BCUT2D eigenvalue weighted by atomic mass is 9.97. The highest BCUT2D eigenvalue weighted by molar-refractivity contribution is 5.76. The normalized spacial score (nSPS) is 26.7. The van der Waals surface area contributed by atoms with E-state index in [1.165, 1.54) is 148 Å². The van der Waals surface area contributed by atoms with Crippen LogP contribution in [0.1, 0.15) is 232 Å². The van der Waals surface area contributed by atoms with E-state index in [-0.39, 0.29) is 12.5 Å². The van der Waals surface area contributed by atoms with E-state index in [1.807, 2.05) is 0 Å². The van der Waals surface area contributed by atoms with Gasteiger partial charge in [0, 0.05) is 6.42 Å². The number of hydrogen-bond donors (Lipinski definition) is 9. The lowest BCUT2D eigenvalue weighted by molar-refractivity contribution is -0.359. The first-order chi connectivity index (χ1) is 32.1. The van der Waals surface area contributed by atoms with Crippen molar-refractivity contribution in [3.8, 4) is 0 Å². The van der Waals surface area contributed by atoms with Gasteiger partial charge in [0.15, 0.2) is 12.6 Å². The van der Waals surface area contributed by atoms with Gasteiger partial charge in [-0.3, -0.25) is 4.79 Å². The molecule has 392 valence electrons. The highest BCUT2D eigenvalue weighted by Crippen LogP contribution is 2.30. The minimum atomic E-state index is -1.78. The fourth-order valence-corrected chi connectivity index (χ4v) is 9.36. The van der Waals surface area contributed by atoms with Crippen molar-refractivity contribution in [1.29, 1.82) is 0 Å². The smallest absolute Gasteiger partial charge is 0.220 e. The van der Waals surface area contributed by atoms with Gasteiger partial charge >= 0.3 is 0 Å². The molecular weight excluding hydrogens is 847 g/mol. The molecule has 0 spiro atoms. The van der Waals surface area contributed by atoms with E-state index in [4.69, 9.17) is 18.9 Å². The van der Waals surface area contributed by atoms with Crippen LogP contribution in [0.2, 0.25) is 0 Å². The van der Waals surface area contributed by atoms with Crippen LogP contribution in [0.4, 0.5) is 0 Å². The first kappa shape index (κ1) is 61.1. The van der Waals surface area contributed by atoms with Crippen molar-refractivity contribution in [1.82, 2.24) is 5.32 Å². The molecule has 0 radical (unpaired) electrons. The fourth-order valence-electron chi connectivity index (χ4n) is 9.36. The fraction of sp³-hybridized carbons (Fsp3) is 0.981. The largest absolute Gasteiger partial charge is 0.394 e. The standard InChI is InChI=1S/C52H101NO13/c1-3-5-7-9-10-11-12-13-14-15-16-17-18-19-20-21-22-23-24-25-26-27-28-29-30-32-34-36-44(57)53-40(41(56)35-33-31-8-6-4-2)39-63-51-49(62)47(60)50(43(38-55)65-51)66-52-48(61)46(59)45(58)42(37-54)64-52/h40-43,45-52,54-56,58-62H,3-39H2,1-2H3,(H,53,57). The van der Waals surface area contributed by atoms with Crippen LogP contribution in [0.3, 0.4) is 0 Å². The minimum Gasteiger partial charge on any atom is -0.394 e. The summed E-state index contributed by atoms with van der Waals surface area (Å²) in [5.41, 5.74) is 0. The molecule has 2 rings (SSSR count). The summed E-state index contributed by atoms with van der Waals surface area (Å²) < 4.78 is 22.6. The van der Waals surface area contributed by atoms with Crippen molar-refractivity contribution in [3.63, 3.8) is 0 Å². The molecule has 66 heavy (non-hydrogen) atoms. The van der Waals surface area contributed by atoms with Crippen LogP contribution in [0.15, 0.2) is 0 Å². The van der Waals surface area contributed by atoms with Gasteiger partial charge in [-0.2, -0.15) is 0 Å². The predicted molar refractivity (Wildman–Crippen MR) is 259 cm³/mol. The summed E-state index contributed by atoms with van der Waals surface area (Å²) in [6, 6.07) is -0.818. The highest BCUT2D eigenvalue weighted by Gasteiger charge is 2.51. The number of aliphatic hydroxyl groups excluding tert-OH is 8. The molecule has 0 aromatic heterocycles. The van der Waals surface area contributed by atoms with Crippen molar-refractivity contribution >= 4 is 5.91 Å². The van der Waals surface area contributed by atoms with Gasteiger partial charge < -0.3 is 65.1 Å². The van der Waals surface area contributed by atoms with Gasteiger partial charge in [-0.15, -0.1) is 0 Å². The van der Waals surface area contributed by atoms with Crippen molar-refractivity contribution in [2.45, 2.75) is 306 Å². The molecular formula is C52H101NO13. The Morgan fingerprint density at radius 1 is 0.485 bits per heavy atom. The maximum absolute atomic E-state index is 13.1. The summed E-state index contributed by atoms with van der Waals surface area (Å²) in [6.07, 6.45) is 24.8. The van der Waals surface area contributed by atoms with Crippen molar-refractivity contribution in [3.05, 3.63) is 0 Å². The number of rotatable bonds is 43. The summed E-state index contributed by atoms with van der Waals surface area (Å²) >= 11 is 0. The Kier molecular flexibility index (Phi) is 36.7. The minimum absolute atomic E-state index is 0.209. The molecule has 12 unspecified atom stereocenters. The molecule has 0 saturated carbocycles. The molecule has 9 N–H and O–H groups in total. The number of hydrogen-bond acceptors (Lipinski definition) is 13. The average molecular weight is 948 g/mol. The zero-order chi connectivity index (χ0) is 48.2. The topological polar surface area (TPSA) is 228 Å². The number of unbranched alkanes of at least 4 members (excludes halogenated alkanes) is 30. The quantitative estimate of drug-likeness (QED) is 0.0267. The molecule has 2 saturated heterocycles. The number of carbonyl (C=O) groups is 1. The van der Waals surface area contributed by atoms with Crippen molar-refractivity contribution in [2.24, 2.45) is 0 Å².